The van der Waals surface area contributed by atoms with Gasteiger partial charge in [-0.1, -0.05) is 0 Å². The second kappa shape index (κ2) is 8.52. The smallest absolute Gasteiger partial charge is 0.341 e. The molecule has 1 amide bonds. The Balaban J connectivity index is 1.77. The number of amides is 1. The van der Waals surface area contributed by atoms with Crippen LogP contribution in [-0.4, -0.2) is 24.6 Å². The molecule has 7 heteroatoms. The summed E-state index contributed by atoms with van der Waals surface area (Å²) in [5.41, 5.74) is 1.46. The van der Waals surface area contributed by atoms with Crippen molar-refractivity contribution in [2.24, 2.45) is 0 Å². The van der Waals surface area contributed by atoms with Crippen LogP contribution in [0, 0.1) is 5.82 Å². The van der Waals surface area contributed by atoms with Gasteiger partial charge in [0.25, 0.3) is 5.91 Å². The summed E-state index contributed by atoms with van der Waals surface area (Å²) >= 11 is 1.43. The molecule has 0 radical (unpaired) electrons. The summed E-state index contributed by atoms with van der Waals surface area (Å²) in [6.45, 7) is 3.64. The van der Waals surface area contributed by atoms with Crippen molar-refractivity contribution in [1.82, 2.24) is 0 Å². The lowest BCUT2D eigenvalue weighted by atomic mass is 9.95. The first kappa shape index (κ1) is 19.4. The van der Waals surface area contributed by atoms with Crippen molar-refractivity contribution in [2.75, 3.05) is 11.9 Å². The van der Waals surface area contributed by atoms with Crippen LogP contribution in [0.25, 0.3) is 0 Å². The molecule has 2 aromatic rings. The standard InChI is InChI=1S/C20H22FNO4S/c1-3-25-20(24)17-15-6-4-5-7-16(15)27-19(17)22-18(23)12(2)26-14-10-8-13(21)9-11-14/h8-12H,3-7H2,1-2H3,(H,22,23)/t12-/m1/s1. The van der Waals surface area contributed by atoms with Crippen molar-refractivity contribution < 1.29 is 23.5 Å². The fraction of sp³-hybridized carbons (Fsp3) is 0.400. The van der Waals surface area contributed by atoms with E-state index in [9.17, 15) is 14.0 Å². The summed E-state index contributed by atoms with van der Waals surface area (Å²) in [5.74, 6) is -0.749. The predicted molar refractivity (Wildman–Crippen MR) is 102 cm³/mol. The average molecular weight is 391 g/mol. The predicted octanol–water partition coefficient (Wildman–Crippen LogP) is 4.35. The van der Waals surface area contributed by atoms with Crippen molar-refractivity contribution >= 4 is 28.2 Å². The molecular weight excluding hydrogens is 369 g/mol. The van der Waals surface area contributed by atoms with E-state index in [1.165, 1.54) is 35.6 Å². The SMILES string of the molecule is CCOC(=O)c1c(NC(=O)[C@@H](C)Oc2ccc(F)cc2)sc2c1CCCC2. The van der Waals surface area contributed by atoms with Crippen LogP contribution in [0.2, 0.25) is 0 Å². The van der Waals surface area contributed by atoms with Crippen LogP contribution in [0.5, 0.6) is 5.75 Å². The van der Waals surface area contributed by atoms with Crippen LogP contribution in [0.1, 0.15) is 47.5 Å². The molecule has 144 valence electrons. The molecule has 0 spiro atoms. The maximum Gasteiger partial charge on any atom is 0.341 e. The van der Waals surface area contributed by atoms with Crippen molar-refractivity contribution in [3.8, 4) is 5.75 Å². The number of ether oxygens (including phenoxy) is 2. The summed E-state index contributed by atoms with van der Waals surface area (Å²) < 4.78 is 23.7. The average Bonchev–Trinajstić information content (AvgIpc) is 3.01. The van der Waals surface area contributed by atoms with Gasteiger partial charge in [0.05, 0.1) is 12.2 Å². The molecule has 0 aliphatic heterocycles. The first-order valence-corrected chi connectivity index (χ1v) is 9.86. The van der Waals surface area contributed by atoms with Crippen molar-refractivity contribution in [1.29, 1.82) is 0 Å². The van der Waals surface area contributed by atoms with Gasteiger partial charge in [0, 0.05) is 4.88 Å². The number of hydrogen-bond donors (Lipinski definition) is 1. The lowest BCUT2D eigenvalue weighted by molar-refractivity contribution is -0.122. The minimum atomic E-state index is -0.801. The van der Waals surface area contributed by atoms with E-state index in [-0.39, 0.29) is 18.3 Å². The van der Waals surface area contributed by atoms with Crippen LogP contribution in [0.15, 0.2) is 24.3 Å². The number of thiophene rings is 1. The van der Waals surface area contributed by atoms with Gasteiger partial charge in [-0.2, -0.15) is 0 Å². The van der Waals surface area contributed by atoms with Crippen LogP contribution in [-0.2, 0) is 22.4 Å². The Labute approximate surface area is 161 Å². The van der Waals surface area contributed by atoms with Crippen molar-refractivity contribution in [3.63, 3.8) is 0 Å². The van der Waals surface area contributed by atoms with Crippen LogP contribution >= 0.6 is 11.3 Å². The Morgan fingerprint density at radius 2 is 1.93 bits per heavy atom. The summed E-state index contributed by atoms with van der Waals surface area (Å²) in [6, 6.07) is 5.47. The molecular formula is C20H22FNO4S. The molecule has 1 aromatic carbocycles. The lowest BCUT2D eigenvalue weighted by Crippen LogP contribution is -2.30. The summed E-state index contributed by atoms with van der Waals surface area (Å²) in [4.78, 5) is 26.1. The Kier molecular flexibility index (Phi) is 6.11. The zero-order valence-electron chi connectivity index (χ0n) is 15.3. The van der Waals surface area contributed by atoms with Gasteiger partial charge in [-0.15, -0.1) is 11.3 Å². The Hall–Kier alpha value is -2.41. The first-order chi connectivity index (χ1) is 13.0. The number of anilines is 1. The van der Waals surface area contributed by atoms with Gasteiger partial charge in [0.1, 0.15) is 16.6 Å². The molecule has 5 nitrogen and oxygen atoms in total. The van der Waals surface area contributed by atoms with E-state index in [1.54, 1.807) is 13.8 Å². The van der Waals surface area contributed by atoms with Gasteiger partial charge < -0.3 is 14.8 Å². The molecule has 0 saturated carbocycles. The molecule has 3 rings (SSSR count). The molecule has 27 heavy (non-hydrogen) atoms. The maximum absolute atomic E-state index is 13.0. The molecule has 1 N–H and O–H groups in total. The minimum absolute atomic E-state index is 0.279. The van der Waals surface area contributed by atoms with E-state index < -0.39 is 12.1 Å². The molecule has 1 aliphatic rings. The number of benzene rings is 1. The van der Waals surface area contributed by atoms with Gasteiger partial charge in [0.15, 0.2) is 6.10 Å². The minimum Gasteiger partial charge on any atom is -0.481 e. The van der Waals surface area contributed by atoms with E-state index in [0.29, 0.717) is 16.3 Å². The second-order valence-corrected chi connectivity index (χ2v) is 7.44. The largest absolute Gasteiger partial charge is 0.481 e. The number of carbonyl (C=O) groups excluding carboxylic acids is 2. The summed E-state index contributed by atoms with van der Waals surface area (Å²) in [5, 5.41) is 3.33. The van der Waals surface area contributed by atoms with Gasteiger partial charge in [0.2, 0.25) is 0 Å². The zero-order valence-corrected chi connectivity index (χ0v) is 16.2. The van der Waals surface area contributed by atoms with Crippen LogP contribution < -0.4 is 10.1 Å². The number of aryl methyl sites for hydroxylation is 1. The fourth-order valence-corrected chi connectivity index (χ4v) is 4.34. The lowest BCUT2D eigenvalue weighted by Gasteiger charge is -2.15. The Morgan fingerprint density at radius 3 is 2.63 bits per heavy atom. The van der Waals surface area contributed by atoms with Crippen LogP contribution in [0.4, 0.5) is 9.39 Å². The fourth-order valence-electron chi connectivity index (χ4n) is 3.06. The van der Waals surface area contributed by atoms with E-state index in [1.807, 2.05) is 0 Å². The maximum atomic E-state index is 13.0. The highest BCUT2D eigenvalue weighted by Crippen LogP contribution is 2.38. The topological polar surface area (TPSA) is 64.6 Å². The van der Waals surface area contributed by atoms with Crippen molar-refractivity contribution in [3.05, 3.63) is 46.1 Å². The van der Waals surface area contributed by atoms with E-state index in [0.717, 1.165) is 36.1 Å². The zero-order chi connectivity index (χ0) is 19.4. The molecule has 0 fully saturated rings. The molecule has 0 unspecified atom stereocenters. The molecule has 1 atom stereocenters. The summed E-state index contributed by atoms with van der Waals surface area (Å²) in [6.07, 6.45) is 3.02. The molecule has 1 heterocycles. The third kappa shape index (κ3) is 4.47. The van der Waals surface area contributed by atoms with Gasteiger partial charge in [-0.25, -0.2) is 9.18 Å². The van der Waals surface area contributed by atoms with Crippen LogP contribution in [0.3, 0.4) is 0 Å². The van der Waals surface area contributed by atoms with E-state index in [4.69, 9.17) is 9.47 Å². The highest BCUT2D eigenvalue weighted by molar-refractivity contribution is 7.17. The highest BCUT2D eigenvalue weighted by atomic mass is 32.1. The van der Waals surface area contributed by atoms with E-state index >= 15 is 0 Å². The third-order valence-corrected chi connectivity index (χ3v) is 5.59. The molecule has 1 aromatic heterocycles. The number of fused-ring (bicyclic) bond motifs is 1. The molecule has 1 aliphatic carbocycles. The number of carbonyl (C=O) groups is 2. The highest BCUT2D eigenvalue weighted by Gasteiger charge is 2.28. The number of halogens is 1. The number of esters is 1. The summed E-state index contributed by atoms with van der Waals surface area (Å²) in [7, 11) is 0. The first-order valence-electron chi connectivity index (χ1n) is 9.04. The molecule has 0 saturated heterocycles. The number of rotatable bonds is 6. The monoisotopic (exact) mass is 391 g/mol. The van der Waals surface area contributed by atoms with Gasteiger partial charge >= 0.3 is 5.97 Å². The Morgan fingerprint density at radius 1 is 1.22 bits per heavy atom. The third-order valence-electron chi connectivity index (χ3n) is 4.38. The van der Waals surface area contributed by atoms with Gasteiger partial charge in [-0.3, -0.25) is 4.79 Å². The van der Waals surface area contributed by atoms with E-state index in [2.05, 4.69) is 5.32 Å². The van der Waals surface area contributed by atoms with Crippen molar-refractivity contribution in [2.45, 2.75) is 45.6 Å². The molecule has 0 bridgehead atoms. The number of hydrogen-bond acceptors (Lipinski definition) is 5. The van der Waals surface area contributed by atoms with Gasteiger partial charge in [-0.05, 0) is 69.4 Å². The second-order valence-electron chi connectivity index (χ2n) is 6.34. The Bertz CT molecular complexity index is 831. The normalized spacial score (nSPS) is 14.2. The quantitative estimate of drug-likeness (QED) is 0.744. The number of nitrogens with one attached hydrogen (secondary N) is 1.